The van der Waals surface area contributed by atoms with Crippen molar-refractivity contribution >= 4 is 5.97 Å². The molecule has 1 aliphatic heterocycles. The number of cyclic esters (lactones) is 1. The van der Waals surface area contributed by atoms with Crippen LogP contribution in [-0.2, 0) is 19.0 Å². The van der Waals surface area contributed by atoms with Gasteiger partial charge >= 0.3 is 5.97 Å². The summed E-state index contributed by atoms with van der Waals surface area (Å²) < 4.78 is 15.6. The maximum absolute atomic E-state index is 11.5. The van der Waals surface area contributed by atoms with Gasteiger partial charge in [-0.05, 0) is 0 Å². The highest BCUT2D eigenvalue weighted by Crippen LogP contribution is 2.21. The predicted molar refractivity (Wildman–Crippen MR) is 55.2 cm³/mol. The minimum absolute atomic E-state index is 0.0319. The molecule has 15 heavy (non-hydrogen) atoms. The van der Waals surface area contributed by atoms with Crippen molar-refractivity contribution in [3.8, 4) is 0 Å². The van der Waals surface area contributed by atoms with E-state index in [-0.39, 0.29) is 17.8 Å². The summed E-state index contributed by atoms with van der Waals surface area (Å²) in [4.78, 5) is 11.5. The molecule has 0 aliphatic carbocycles. The van der Waals surface area contributed by atoms with Gasteiger partial charge in [0.1, 0.15) is 13.2 Å². The lowest BCUT2D eigenvalue weighted by Gasteiger charge is -2.20. The standard InChI is InChI=1S/C11H18O4/c1-8-9(2)11(12)15-7-5-13-4-6-14-10(8)3/h8-9H,3-7H2,1-2H3. The van der Waals surface area contributed by atoms with Crippen molar-refractivity contribution in [1.29, 1.82) is 0 Å². The molecule has 0 aromatic heterocycles. The molecule has 0 radical (unpaired) electrons. The molecule has 0 aromatic carbocycles. The van der Waals surface area contributed by atoms with E-state index in [4.69, 9.17) is 14.2 Å². The molecule has 1 heterocycles. The number of esters is 1. The Morgan fingerprint density at radius 1 is 1.07 bits per heavy atom. The van der Waals surface area contributed by atoms with Crippen LogP contribution in [-0.4, -0.2) is 32.4 Å². The molecule has 4 heteroatoms. The largest absolute Gasteiger partial charge is 0.496 e. The summed E-state index contributed by atoms with van der Waals surface area (Å²) in [6, 6.07) is 0. The first-order valence-corrected chi connectivity index (χ1v) is 5.19. The fourth-order valence-electron chi connectivity index (χ4n) is 1.28. The molecule has 2 atom stereocenters. The van der Waals surface area contributed by atoms with E-state index in [9.17, 15) is 4.79 Å². The normalized spacial score (nSPS) is 30.0. The summed E-state index contributed by atoms with van der Waals surface area (Å²) in [5.41, 5.74) is 0. The van der Waals surface area contributed by atoms with Crippen LogP contribution in [0.3, 0.4) is 0 Å². The molecule has 4 nitrogen and oxygen atoms in total. The van der Waals surface area contributed by atoms with E-state index in [2.05, 4.69) is 6.58 Å². The fraction of sp³-hybridized carbons (Fsp3) is 0.727. The van der Waals surface area contributed by atoms with Gasteiger partial charge in [0.05, 0.1) is 24.9 Å². The minimum atomic E-state index is -0.226. The van der Waals surface area contributed by atoms with Crippen molar-refractivity contribution in [1.82, 2.24) is 0 Å². The molecule has 0 spiro atoms. The van der Waals surface area contributed by atoms with Crippen molar-refractivity contribution < 1.29 is 19.0 Å². The molecule has 1 aliphatic rings. The second-order valence-electron chi connectivity index (χ2n) is 3.67. The third-order valence-corrected chi connectivity index (χ3v) is 2.62. The number of allylic oxidation sites excluding steroid dienone is 1. The average Bonchev–Trinajstić information content (AvgIpc) is 2.25. The van der Waals surface area contributed by atoms with Crippen LogP contribution >= 0.6 is 0 Å². The summed E-state index contributed by atoms with van der Waals surface area (Å²) in [6.45, 7) is 9.23. The van der Waals surface area contributed by atoms with Crippen LogP contribution in [0.1, 0.15) is 13.8 Å². The lowest BCUT2D eigenvalue weighted by Crippen LogP contribution is -2.23. The van der Waals surface area contributed by atoms with Gasteiger partial charge in [-0.1, -0.05) is 20.4 Å². The van der Waals surface area contributed by atoms with Gasteiger partial charge in [0, 0.05) is 5.92 Å². The molecule has 1 rings (SSSR count). The third kappa shape index (κ3) is 3.55. The average molecular weight is 214 g/mol. The van der Waals surface area contributed by atoms with E-state index >= 15 is 0 Å². The third-order valence-electron chi connectivity index (χ3n) is 2.62. The van der Waals surface area contributed by atoms with Crippen LogP contribution < -0.4 is 0 Å². The van der Waals surface area contributed by atoms with Gasteiger partial charge in [-0.25, -0.2) is 0 Å². The summed E-state index contributed by atoms with van der Waals surface area (Å²) in [5, 5.41) is 0. The van der Waals surface area contributed by atoms with Gasteiger partial charge in [0.15, 0.2) is 0 Å². The lowest BCUT2D eigenvalue weighted by molar-refractivity contribution is -0.150. The summed E-state index contributed by atoms with van der Waals surface area (Å²) >= 11 is 0. The number of hydrogen-bond donors (Lipinski definition) is 0. The van der Waals surface area contributed by atoms with Crippen molar-refractivity contribution in [3.05, 3.63) is 12.3 Å². The fourth-order valence-corrected chi connectivity index (χ4v) is 1.28. The first-order chi connectivity index (χ1) is 7.13. The Hall–Kier alpha value is -1.03. The Morgan fingerprint density at radius 2 is 1.67 bits per heavy atom. The molecule has 86 valence electrons. The topological polar surface area (TPSA) is 44.8 Å². The van der Waals surface area contributed by atoms with Crippen molar-refractivity contribution in [3.63, 3.8) is 0 Å². The highest BCUT2D eigenvalue weighted by atomic mass is 16.6. The molecule has 1 fully saturated rings. The molecule has 1 saturated heterocycles. The van der Waals surface area contributed by atoms with E-state index in [1.54, 1.807) is 0 Å². The van der Waals surface area contributed by atoms with Crippen molar-refractivity contribution in [2.45, 2.75) is 13.8 Å². The molecule has 2 unspecified atom stereocenters. The number of hydrogen-bond acceptors (Lipinski definition) is 4. The Morgan fingerprint density at radius 3 is 2.33 bits per heavy atom. The Labute approximate surface area is 90.2 Å². The van der Waals surface area contributed by atoms with Crippen LogP contribution in [0, 0.1) is 11.8 Å². The number of ether oxygens (including phenoxy) is 3. The van der Waals surface area contributed by atoms with E-state index < -0.39 is 0 Å². The minimum Gasteiger partial charge on any atom is -0.496 e. The van der Waals surface area contributed by atoms with Crippen LogP contribution in [0.2, 0.25) is 0 Å². The second kappa shape index (κ2) is 5.75. The number of carbonyl (C=O) groups excluding carboxylic acids is 1. The SMILES string of the molecule is C=C1OCCOCCOC(=O)C(C)C1C. The Bertz CT molecular complexity index is 213. The van der Waals surface area contributed by atoms with E-state index in [0.29, 0.717) is 32.2 Å². The highest BCUT2D eigenvalue weighted by molar-refractivity contribution is 5.72. The Balaban J connectivity index is 2.61. The van der Waals surface area contributed by atoms with Gasteiger partial charge in [-0.15, -0.1) is 0 Å². The molecular weight excluding hydrogens is 196 g/mol. The molecule has 0 amide bonds. The van der Waals surface area contributed by atoms with E-state index in [0.717, 1.165) is 0 Å². The summed E-state index contributed by atoms with van der Waals surface area (Å²) in [6.07, 6.45) is 0. The quantitative estimate of drug-likeness (QED) is 0.571. The van der Waals surface area contributed by atoms with E-state index in [1.165, 1.54) is 0 Å². The first-order valence-electron chi connectivity index (χ1n) is 5.19. The van der Waals surface area contributed by atoms with Crippen molar-refractivity contribution in [2.24, 2.45) is 11.8 Å². The van der Waals surface area contributed by atoms with Crippen LogP contribution in [0.25, 0.3) is 0 Å². The van der Waals surface area contributed by atoms with Crippen LogP contribution in [0.4, 0.5) is 0 Å². The molecule has 0 saturated carbocycles. The zero-order valence-electron chi connectivity index (χ0n) is 9.32. The molecule has 0 N–H and O–H groups in total. The van der Waals surface area contributed by atoms with Gasteiger partial charge in [-0.2, -0.15) is 0 Å². The summed E-state index contributed by atoms with van der Waals surface area (Å²) in [5.74, 6) is 0.133. The lowest BCUT2D eigenvalue weighted by atomic mass is 9.95. The second-order valence-corrected chi connectivity index (χ2v) is 3.67. The number of rotatable bonds is 0. The van der Waals surface area contributed by atoms with Gasteiger partial charge in [-0.3, -0.25) is 4.79 Å². The van der Waals surface area contributed by atoms with Gasteiger partial charge in [0.25, 0.3) is 0 Å². The Kier molecular flexibility index (Phi) is 4.62. The van der Waals surface area contributed by atoms with Gasteiger partial charge in [0.2, 0.25) is 0 Å². The summed E-state index contributed by atoms with van der Waals surface area (Å²) in [7, 11) is 0. The zero-order chi connectivity index (χ0) is 11.3. The smallest absolute Gasteiger partial charge is 0.309 e. The van der Waals surface area contributed by atoms with Crippen molar-refractivity contribution in [2.75, 3.05) is 26.4 Å². The number of carbonyl (C=O) groups is 1. The maximum atomic E-state index is 11.5. The highest BCUT2D eigenvalue weighted by Gasteiger charge is 2.25. The van der Waals surface area contributed by atoms with E-state index in [1.807, 2.05) is 13.8 Å². The molecule has 0 bridgehead atoms. The predicted octanol–water partition coefficient (Wildman–Crippen LogP) is 1.36. The first kappa shape index (κ1) is 12.0. The molecular formula is C11H18O4. The monoisotopic (exact) mass is 214 g/mol. The van der Waals surface area contributed by atoms with Crippen LogP contribution in [0.5, 0.6) is 0 Å². The molecule has 0 aromatic rings. The van der Waals surface area contributed by atoms with Gasteiger partial charge < -0.3 is 14.2 Å². The van der Waals surface area contributed by atoms with Crippen LogP contribution in [0.15, 0.2) is 12.3 Å². The zero-order valence-corrected chi connectivity index (χ0v) is 9.32. The maximum Gasteiger partial charge on any atom is 0.309 e.